The Labute approximate surface area is 156 Å². The van der Waals surface area contributed by atoms with Crippen molar-refractivity contribution < 1.29 is 4.39 Å². The summed E-state index contributed by atoms with van der Waals surface area (Å²) in [5.41, 5.74) is 3.60. The van der Waals surface area contributed by atoms with Crippen LogP contribution in [-0.4, -0.2) is 19.3 Å². The number of rotatable bonds is 6. The monoisotopic (exact) mass is 359 g/mol. The maximum atomic E-state index is 13.6. The van der Waals surface area contributed by atoms with E-state index >= 15 is 0 Å². The van der Waals surface area contributed by atoms with Crippen molar-refractivity contribution in [3.63, 3.8) is 0 Å². The van der Waals surface area contributed by atoms with Crippen LogP contribution in [0.1, 0.15) is 24.4 Å². The average molecular weight is 359 g/mol. The fourth-order valence-electron chi connectivity index (χ4n) is 3.29. The van der Waals surface area contributed by atoms with Gasteiger partial charge in [0.2, 0.25) is 0 Å². The number of halogens is 1. The van der Waals surface area contributed by atoms with Gasteiger partial charge in [0.05, 0.1) is 28.5 Å². The van der Waals surface area contributed by atoms with Crippen molar-refractivity contribution in [1.82, 2.24) is 19.3 Å². The fraction of sp³-hybridized carbons (Fsp3) is 0.190. The lowest BCUT2D eigenvalue weighted by Gasteiger charge is -2.10. The molecule has 134 valence electrons. The molecule has 0 aliphatic rings. The summed E-state index contributed by atoms with van der Waals surface area (Å²) in [5, 5.41) is 13.2. The van der Waals surface area contributed by atoms with Gasteiger partial charge in [0.25, 0.3) is 0 Å². The molecule has 4 rings (SSSR count). The van der Waals surface area contributed by atoms with Crippen LogP contribution < -0.4 is 0 Å². The number of imidazole rings is 1. The molecule has 2 aromatic carbocycles. The van der Waals surface area contributed by atoms with Gasteiger partial charge in [-0.3, -0.25) is 0 Å². The number of aryl methyl sites for hydroxylation is 1. The Morgan fingerprint density at radius 3 is 2.81 bits per heavy atom. The molecule has 27 heavy (non-hydrogen) atoms. The highest BCUT2D eigenvalue weighted by Crippen LogP contribution is 2.21. The smallest absolute Gasteiger partial charge is 0.125 e. The van der Waals surface area contributed by atoms with Crippen LogP contribution >= 0.6 is 0 Å². The lowest BCUT2D eigenvalue weighted by molar-refractivity contribution is 0.623. The second kappa shape index (κ2) is 7.42. The second-order valence-electron chi connectivity index (χ2n) is 6.32. The Kier molecular flexibility index (Phi) is 4.67. The Bertz CT molecular complexity index is 1120. The van der Waals surface area contributed by atoms with E-state index in [4.69, 9.17) is 10.2 Å². The first-order valence-corrected chi connectivity index (χ1v) is 8.86. The highest BCUT2D eigenvalue weighted by atomic mass is 19.1. The maximum Gasteiger partial charge on any atom is 0.125 e. The molecule has 0 saturated carbocycles. The first kappa shape index (κ1) is 17.0. The van der Waals surface area contributed by atoms with Crippen molar-refractivity contribution in [2.75, 3.05) is 0 Å². The van der Waals surface area contributed by atoms with Crippen molar-refractivity contribution in [1.29, 1.82) is 5.26 Å². The second-order valence-corrected chi connectivity index (χ2v) is 6.32. The minimum atomic E-state index is -0.294. The number of unbranched alkanes of at least 4 members (excludes halogenated alkanes) is 1. The Hall–Kier alpha value is -3.46. The number of nitrogens with zero attached hydrogens (tertiary/aromatic N) is 5. The molecule has 0 atom stereocenters. The number of hydrogen-bond donors (Lipinski definition) is 0. The van der Waals surface area contributed by atoms with Crippen LogP contribution in [0.2, 0.25) is 0 Å². The summed E-state index contributed by atoms with van der Waals surface area (Å²) in [6.07, 6.45) is 3.56. The minimum Gasteiger partial charge on any atom is -0.328 e. The summed E-state index contributed by atoms with van der Waals surface area (Å²) in [6, 6.07) is 18.5. The van der Waals surface area contributed by atoms with E-state index in [0.29, 0.717) is 18.5 Å². The predicted octanol–water partition coefficient (Wildman–Crippen LogP) is 4.26. The van der Waals surface area contributed by atoms with Gasteiger partial charge in [-0.25, -0.2) is 14.1 Å². The SMILES string of the molecule is N#CCCCn1c(Cc2ccnn2-c2cccc(F)c2)nc2ccccc21. The molecule has 0 radical (unpaired) electrons. The molecular weight excluding hydrogens is 341 g/mol. The molecule has 0 bridgehead atoms. The number of fused-ring (bicyclic) bond motifs is 1. The Balaban J connectivity index is 1.71. The van der Waals surface area contributed by atoms with Gasteiger partial charge in [0.1, 0.15) is 11.6 Å². The Morgan fingerprint density at radius 1 is 1.07 bits per heavy atom. The molecule has 0 unspecified atom stereocenters. The van der Waals surface area contributed by atoms with Crippen molar-refractivity contribution >= 4 is 11.0 Å². The van der Waals surface area contributed by atoms with Crippen LogP contribution in [0.4, 0.5) is 4.39 Å². The third kappa shape index (κ3) is 3.44. The zero-order chi connectivity index (χ0) is 18.6. The molecule has 0 aliphatic carbocycles. The number of para-hydroxylation sites is 2. The van der Waals surface area contributed by atoms with Gasteiger partial charge in [-0.1, -0.05) is 18.2 Å². The summed E-state index contributed by atoms with van der Waals surface area (Å²) < 4.78 is 17.5. The predicted molar refractivity (Wildman–Crippen MR) is 101 cm³/mol. The van der Waals surface area contributed by atoms with Gasteiger partial charge >= 0.3 is 0 Å². The summed E-state index contributed by atoms with van der Waals surface area (Å²) in [4.78, 5) is 4.78. The van der Waals surface area contributed by atoms with Crippen molar-refractivity contribution in [2.45, 2.75) is 25.8 Å². The van der Waals surface area contributed by atoms with Crippen LogP contribution in [0.3, 0.4) is 0 Å². The van der Waals surface area contributed by atoms with Gasteiger partial charge in [0, 0.05) is 25.6 Å². The van der Waals surface area contributed by atoms with Crippen LogP contribution in [0.5, 0.6) is 0 Å². The molecule has 5 nitrogen and oxygen atoms in total. The summed E-state index contributed by atoms with van der Waals surface area (Å²) in [7, 11) is 0. The minimum absolute atomic E-state index is 0.294. The summed E-state index contributed by atoms with van der Waals surface area (Å²) in [5.74, 6) is 0.616. The molecule has 0 fully saturated rings. The zero-order valence-electron chi connectivity index (χ0n) is 14.7. The number of nitriles is 1. The molecule has 6 heteroatoms. The van der Waals surface area contributed by atoms with E-state index in [2.05, 4.69) is 15.7 Å². The molecular formula is C21H18FN5. The largest absolute Gasteiger partial charge is 0.328 e. The van der Waals surface area contributed by atoms with E-state index in [-0.39, 0.29) is 5.82 Å². The molecule has 2 heterocycles. The van der Waals surface area contributed by atoms with Crippen LogP contribution in [0.25, 0.3) is 16.7 Å². The van der Waals surface area contributed by atoms with Gasteiger partial charge in [-0.2, -0.15) is 10.4 Å². The molecule has 2 aromatic heterocycles. The van der Waals surface area contributed by atoms with Gasteiger partial charge in [0.15, 0.2) is 0 Å². The molecule has 4 aromatic rings. The highest BCUT2D eigenvalue weighted by molar-refractivity contribution is 5.76. The number of aromatic nitrogens is 4. The Morgan fingerprint density at radius 2 is 1.96 bits per heavy atom. The first-order valence-electron chi connectivity index (χ1n) is 8.86. The van der Waals surface area contributed by atoms with Crippen LogP contribution in [0.15, 0.2) is 60.8 Å². The van der Waals surface area contributed by atoms with Gasteiger partial charge in [-0.15, -0.1) is 0 Å². The maximum absolute atomic E-state index is 13.6. The molecule has 0 amide bonds. The molecule has 0 N–H and O–H groups in total. The van der Waals surface area contributed by atoms with Crippen molar-refractivity contribution in [2.24, 2.45) is 0 Å². The summed E-state index contributed by atoms with van der Waals surface area (Å²) in [6.45, 7) is 0.734. The molecule has 0 aliphatic heterocycles. The van der Waals surface area contributed by atoms with E-state index in [1.807, 2.05) is 36.4 Å². The van der Waals surface area contributed by atoms with Crippen LogP contribution in [0, 0.1) is 17.1 Å². The van der Waals surface area contributed by atoms with Crippen molar-refractivity contribution in [3.8, 4) is 11.8 Å². The fourth-order valence-corrected chi connectivity index (χ4v) is 3.29. The van der Waals surface area contributed by atoms with Gasteiger partial charge < -0.3 is 4.57 Å². The van der Waals surface area contributed by atoms with E-state index in [1.54, 1.807) is 16.9 Å². The summed E-state index contributed by atoms with van der Waals surface area (Å²) >= 11 is 0. The first-order chi connectivity index (χ1) is 13.3. The lowest BCUT2D eigenvalue weighted by atomic mass is 10.2. The van der Waals surface area contributed by atoms with E-state index < -0.39 is 0 Å². The van der Waals surface area contributed by atoms with Crippen molar-refractivity contribution in [3.05, 3.63) is 78.1 Å². The van der Waals surface area contributed by atoms with Crippen LogP contribution in [-0.2, 0) is 13.0 Å². The lowest BCUT2D eigenvalue weighted by Crippen LogP contribution is -2.09. The normalized spacial score (nSPS) is 11.0. The number of benzene rings is 2. The molecule has 0 saturated heterocycles. The van der Waals surface area contributed by atoms with E-state index in [9.17, 15) is 4.39 Å². The van der Waals surface area contributed by atoms with E-state index in [0.717, 1.165) is 35.5 Å². The van der Waals surface area contributed by atoms with E-state index in [1.165, 1.54) is 12.1 Å². The zero-order valence-corrected chi connectivity index (χ0v) is 14.7. The average Bonchev–Trinajstić information content (AvgIpc) is 3.27. The standard InChI is InChI=1S/C21H18FN5/c22-16-6-5-7-17(14-16)27-18(10-12-24-27)15-21-25-19-8-1-2-9-20(19)26(21)13-4-3-11-23/h1-2,5-10,12,14H,3-4,13,15H2. The number of hydrogen-bond acceptors (Lipinski definition) is 3. The topological polar surface area (TPSA) is 59.4 Å². The molecule has 0 spiro atoms. The van der Waals surface area contributed by atoms with Gasteiger partial charge in [-0.05, 0) is 42.8 Å². The third-order valence-corrected chi connectivity index (χ3v) is 4.52. The quantitative estimate of drug-likeness (QED) is 0.483. The third-order valence-electron chi connectivity index (χ3n) is 4.52. The highest BCUT2D eigenvalue weighted by Gasteiger charge is 2.14.